The molecule has 1 aromatic heterocycles. The van der Waals surface area contributed by atoms with Crippen molar-refractivity contribution < 1.29 is 9.90 Å². The topological polar surface area (TPSA) is 68.7 Å². The zero-order valence-electron chi connectivity index (χ0n) is 18.3. The number of hydrogen-bond acceptors (Lipinski definition) is 5. The molecule has 1 atom stereocenters. The Bertz CT molecular complexity index is 669. The minimum atomic E-state index is -0.0638. The van der Waals surface area contributed by atoms with Gasteiger partial charge in [-0.05, 0) is 75.9 Å². The van der Waals surface area contributed by atoms with Gasteiger partial charge in [0.05, 0.1) is 12.5 Å². The summed E-state index contributed by atoms with van der Waals surface area (Å²) in [7, 11) is 0. The van der Waals surface area contributed by atoms with Crippen molar-refractivity contribution in [1.82, 2.24) is 20.1 Å². The number of amides is 1. The zero-order chi connectivity index (χ0) is 20.8. The summed E-state index contributed by atoms with van der Waals surface area (Å²) in [5, 5.41) is 13.0. The van der Waals surface area contributed by atoms with Crippen molar-refractivity contribution in [3.8, 4) is 0 Å². The first-order valence-electron chi connectivity index (χ1n) is 11.9. The first-order chi connectivity index (χ1) is 14.7. The highest BCUT2D eigenvalue weighted by atomic mass is 16.3. The second-order valence-corrected chi connectivity index (χ2v) is 9.78. The second-order valence-electron chi connectivity index (χ2n) is 9.78. The number of rotatable bonds is 7. The van der Waals surface area contributed by atoms with Gasteiger partial charge in [-0.15, -0.1) is 0 Å². The average molecular weight is 415 g/mol. The van der Waals surface area contributed by atoms with Crippen molar-refractivity contribution in [1.29, 1.82) is 0 Å². The predicted octanol–water partition coefficient (Wildman–Crippen LogP) is 2.43. The first kappa shape index (κ1) is 21.7. The molecule has 1 saturated carbocycles. The fourth-order valence-corrected chi connectivity index (χ4v) is 5.68. The molecule has 166 valence electrons. The number of nitrogens with one attached hydrogen (secondary N) is 1. The summed E-state index contributed by atoms with van der Waals surface area (Å²) in [6.45, 7) is 6.12. The summed E-state index contributed by atoms with van der Waals surface area (Å²) >= 11 is 0. The van der Waals surface area contributed by atoms with Crippen LogP contribution in [-0.4, -0.2) is 71.2 Å². The Morgan fingerprint density at radius 3 is 2.53 bits per heavy atom. The van der Waals surface area contributed by atoms with Crippen molar-refractivity contribution in [3.63, 3.8) is 0 Å². The van der Waals surface area contributed by atoms with Crippen molar-refractivity contribution >= 4 is 5.91 Å². The van der Waals surface area contributed by atoms with E-state index < -0.39 is 0 Å². The van der Waals surface area contributed by atoms with Crippen molar-refractivity contribution in [2.45, 2.75) is 64.0 Å². The number of carbonyl (C=O) groups excluding carboxylic acids is 1. The van der Waals surface area contributed by atoms with Crippen LogP contribution in [0.25, 0.3) is 0 Å². The molecule has 2 saturated heterocycles. The van der Waals surface area contributed by atoms with Crippen LogP contribution in [0.4, 0.5) is 0 Å². The minimum absolute atomic E-state index is 0.0638. The lowest BCUT2D eigenvalue weighted by Gasteiger charge is -2.42. The average Bonchev–Trinajstić information content (AvgIpc) is 3.28. The molecule has 6 heteroatoms. The van der Waals surface area contributed by atoms with E-state index in [9.17, 15) is 9.90 Å². The Hall–Kier alpha value is -1.50. The maximum Gasteiger partial charge on any atom is 0.224 e. The SMILES string of the molecule is O=C(NCC1(CO)CCCC1)C1CCCN(C2CCN(Cc3ccncc3)CC2)C1. The quantitative estimate of drug-likeness (QED) is 0.717. The van der Waals surface area contributed by atoms with Crippen LogP contribution in [-0.2, 0) is 11.3 Å². The molecule has 2 aliphatic heterocycles. The highest BCUT2D eigenvalue weighted by Crippen LogP contribution is 2.37. The second kappa shape index (κ2) is 10.2. The Labute approximate surface area is 181 Å². The number of likely N-dealkylation sites (tertiary alicyclic amines) is 2. The summed E-state index contributed by atoms with van der Waals surface area (Å²) in [6.07, 6.45) is 12.7. The lowest BCUT2D eigenvalue weighted by Crippen LogP contribution is -2.51. The number of aliphatic hydroxyl groups is 1. The van der Waals surface area contributed by atoms with Crippen LogP contribution >= 0.6 is 0 Å². The summed E-state index contributed by atoms with van der Waals surface area (Å²) < 4.78 is 0. The van der Waals surface area contributed by atoms with Crippen LogP contribution in [0.5, 0.6) is 0 Å². The van der Waals surface area contributed by atoms with Gasteiger partial charge in [-0.25, -0.2) is 0 Å². The van der Waals surface area contributed by atoms with Gasteiger partial charge in [0, 0.05) is 43.5 Å². The molecule has 0 radical (unpaired) electrons. The maximum absolute atomic E-state index is 12.9. The van der Waals surface area contributed by atoms with E-state index in [1.807, 2.05) is 12.4 Å². The molecule has 1 aliphatic carbocycles. The number of hydrogen-bond donors (Lipinski definition) is 2. The third-order valence-corrected chi connectivity index (χ3v) is 7.69. The van der Waals surface area contributed by atoms with Gasteiger partial charge in [-0.2, -0.15) is 0 Å². The van der Waals surface area contributed by atoms with Gasteiger partial charge in [0.15, 0.2) is 0 Å². The van der Waals surface area contributed by atoms with E-state index in [4.69, 9.17) is 0 Å². The lowest BCUT2D eigenvalue weighted by molar-refractivity contribution is -0.127. The monoisotopic (exact) mass is 414 g/mol. The molecule has 2 N–H and O–H groups in total. The maximum atomic E-state index is 12.9. The van der Waals surface area contributed by atoms with E-state index in [0.717, 1.165) is 58.4 Å². The lowest BCUT2D eigenvalue weighted by atomic mass is 9.86. The third kappa shape index (κ3) is 5.40. The Morgan fingerprint density at radius 1 is 1.10 bits per heavy atom. The molecular formula is C24H38N4O2. The standard InChI is InChI=1S/C24H38N4O2/c29-19-24(9-1-2-10-24)18-26-23(30)21-4-3-13-28(17-21)22-7-14-27(15-8-22)16-20-5-11-25-12-6-20/h5-6,11-12,21-22,29H,1-4,7-10,13-19H2,(H,26,30). The number of aliphatic hydroxyl groups excluding tert-OH is 1. The van der Waals surface area contributed by atoms with Crippen LogP contribution in [0.2, 0.25) is 0 Å². The molecule has 6 nitrogen and oxygen atoms in total. The number of aromatic nitrogens is 1. The van der Waals surface area contributed by atoms with Crippen molar-refractivity contribution in [2.75, 3.05) is 39.3 Å². The summed E-state index contributed by atoms with van der Waals surface area (Å²) in [4.78, 5) is 22.1. The number of pyridine rings is 1. The molecule has 0 aromatic carbocycles. The van der Waals surface area contributed by atoms with E-state index in [2.05, 4.69) is 32.2 Å². The molecule has 0 bridgehead atoms. The van der Waals surface area contributed by atoms with E-state index in [-0.39, 0.29) is 23.8 Å². The molecular weight excluding hydrogens is 376 g/mol. The van der Waals surface area contributed by atoms with Crippen LogP contribution in [0.3, 0.4) is 0 Å². The predicted molar refractivity (Wildman–Crippen MR) is 118 cm³/mol. The number of carbonyl (C=O) groups is 1. The van der Waals surface area contributed by atoms with Gasteiger partial charge in [0.25, 0.3) is 0 Å². The Balaban J connectivity index is 1.22. The minimum Gasteiger partial charge on any atom is -0.396 e. The molecule has 1 aromatic rings. The van der Waals surface area contributed by atoms with Gasteiger partial charge in [0.2, 0.25) is 5.91 Å². The van der Waals surface area contributed by atoms with Crippen LogP contribution in [0, 0.1) is 11.3 Å². The molecule has 1 unspecified atom stereocenters. The van der Waals surface area contributed by atoms with Gasteiger partial charge in [-0.3, -0.25) is 19.6 Å². The Kier molecular flexibility index (Phi) is 7.39. The van der Waals surface area contributed by atoms with Crippen molar-refractivity contribution in [3.05, 3.63) is 30.1 Å². The number of piperidine rings is 2. The van der Waals surface area contributed by atoms with E-state index >= 15 is 0 Å². The van der Waals surface area contributed by atoms with E-state index in [1.54, 1.807) is 0 Å². The highest BCUT2D eigenvalue weighted by Gasteiger charge is 2.36. The summed E-state index contributed by atoms with van der Waals surface area (Å²) in [5.41, 5.74) is 1.27. The molecule has 0 spiro atoms. The van der Waals surface area contributed by atoms with Gasteiger partial charge in [0.1, 0.15) is 0 Å². The number of nitrogens with zero attached hydrogens (tertiary/aromatic N) is 3. The summed E-state index contributed by atoms with van der Waals surface area (Å²) in [6, 6.07) is 4.81. The zero-order valence-corrected chi connectivity index (χ0v) is 18.3. The first-order valence-corrected chi connectivity index (χ1v) is 11.9. The molecule has 3 heterocycles. The van der Waals surface area contributed by atoms with Gasteiger partial charge < -0.3 is 10.4 Å². The normalized spacial score (nSPS) is 26.0. The third-order valence-electron chi connectivity index (χ3n) is 7.69. The molecule has 4 rings (SSSR count). The fraction of sp³-hybridized carbons (Fsp3) is 0.750. The Morgan fingerprint density at radius 2 is 1.83 bits per heavy atom. The van der Waals surface area contributed by atoms with Gasteiger partial charge in [-0.1, -0.05) is 12.8 Å². The van der Waals surface area contributed by atoms with Gasteiger partial charge >= 0.3 is 0 Å². The van der Waals surface area contributed by atoms with Crippen LogP contribution < -0.4 is 5.32 Å². The highest BCUT2D eigenvalue weighted by molar-refractivity contribution is 5.79. The van der Waals surface area contributed by atoms with E-state index in [0.29, 0.717) is 12.6 Å². The fourth-order valence-electron chi connectivity index (χ4n) is 5.68. The van der Waals surface area contributed by atoms with Crippen LogP contribution in [0.15, 0.2) is 24.5 Å². The largest absolute Gasteiger partial charge is 0.396 e. The molecule has 3 aliphatic rings. The van der Waals surface area contributed by atoms with Crippen LogP contribution in [0.1, 0.15) is 56.9 Å². The molecule has 3 fully saturated rings. The smallest absolute Gasteiger partial charge is 0.224 e. The molecule has 30 heavy (non-hydrogen) atoms. The van der Waals surface area contributed by atoms with Crippen molar-refractivity contribution in [2.24, 2.45) is 11.3 Å². The van der Waals surface area contributed by atoms with E-state index in [1.165, 1.54) is 31.2 Å². The molecule has 1 amide bonds. The summed E-state index contributed by atoms with van der Waals surface area (Å²) in [5.74, 6) is 0.306.